The van der Waals surface area contributed by atoms with E-state index < -0.39 is 0 Å². The van der Waals surface area contributed by atoms with Crippen molar-refractivity contribution < 1.29 is 9.15 Å². The van der Waals surface area contributed by atoms with Gasteiger partial charge in [0.1, 0.15) is 5.76 Å². The third-order valence-electron chi connectivity index (χ3n) is 1.96. The third kappa shape index (κ3) is 5.72. The standard InChI is InChI=1S/C11H18N2O2S/c1-2-14-7-4-6-12-11(16)13-9-10-5-3-8-15-10/h3,5,8H,2,4,6-7,9H2,1H3,(H2,12,13,16). The maximum atomic E-state index is 5.22. The summed E-state index contributed by atoms with van der Waals surface area (Å²) in [7, 11) is 0. The van der Waals surface area contributed by atoms with Crippen molar-refractivity contribution in [2.45, 2.75) is 19.9 Å². The monoisotopic (exact) mass is 242 g/mol. The Bertz CT molecular complexity index is 288. The number of nitrogens with one attached hydrogen (secondary N) is 2. The molecule has 1 rings (SSSR count). The molecule has 0 radical (unpaired) electrons. The minimum absolute atomic E-state index is 0.615. The fourth-order valence-electron chi connectivity index (χ4n) is 1.16. The molecule has 0 aliphatic rings. The summed E-state index contributed by atoms with van der Waals surface area (Å²) < 4.78 is 10.4. The van der Waals surface area contributed by atoms with Crippen molar-refractivity contribution in [2.24, 2.45) is 0 Å². The fraction of sp³-hybridized carbons (Fsp3) is 0.545. The topological polar surface area (TPSA) is 46.4 Å². The van der Waals surface area contributed by atoms with E-state index in [9.17, 15) is 0 Å². The second-order valence-electron chi connectivity index (χ2n) is 3.24. The maximum Gasteiger partial charge on any atom is 0.166 e. The SMILES string of the molecule is CCOCCCNC(=S)NCc1ccco1. The third-order valence-corrected chi connectivity index (χ3v) is 2.25. The molecule has 2 N–H and O–H groups in total. The Hall–Kier alpha value is -1.07. The number of hydrogen-bond donors (Lipinski definition) is 2. The molecule has 0 fully saturated rings. The Morgan fingerprint density at radius 3 is 3.06 bits per heavy atom. The van der Waals surface area contributed by atoms with Gasteiger partial charge in [0.15, 0.2) is 5.11 Å². The fourth-order valence-corrected chi connectivity index (χ4v) is 1.34. The number of ether oxygens (including phenoxy) is 1. The summed E-state index contributed by atoms with van der Waals surface area (Å²) in [6.45, 7) is 4.96. The van der Waals surface area contributed by atoms with Gasteiger partial charge in [-0.15, -0.1) is 0 Å². The predicted octanol–water partition coefficient (Wildman–Crippen LogP) is 1.67. The van der Waals surface area contributed by atoms with Gasteiger partial charge in [-0.25, -0.2) is 0 Å². The van der Waals surface area contributed by atoms with Crippen molar-refractivity contribution in [1.82, 2.24) is 10.6 Å². The van der Waals surface area contributed by atoms with E-state index in [1.165, 1.54) is 0 Å². The van der Waals surface area contributed by atoms with Crippen LogP contribution in [0.3, 0.4) is 0 Å². The number of furan rings is 1. The van der Waals surface area contributed by atoms with Gasteiger partial charge in [-0.3, -0.25) is 0 Å². The predicted molar refractivity (Wildman–Crippen MR) is 67.3 cm³/mol. The van der Waals surface area contributed by atoms with E-state index in [0.717, 1.165) is 31.9 Å². The Morgan fingerprint density at radius 1 is 1.50 bits per heavy atom. The zero-order valence-electron chi connectivity index (χ0n) is 9.49. The zero-order valence-corrected chi connectivity index (χ0v) is 10.3. The van der Waals surface area contributed by atoms with E-state index in [4.69, 9.17) is 21.4 Å². The average molecular weight is 242 g/mol. The highest BCUT2D eigenvalue weighted by Gasteiger charge is 1.97. The minimum Gasteiger partial charge on any atom is -0.467 e. The molecule has 0 saturated carbocycles. The first-order chi connectivity index (χ1) is 7.83. The summed E-state index contributed by atoms with van der Waals surface area (Å²) in [6.07, 6.45) is 2.60. The molecule has 0 bridgehead atoms. The van der Waals surface area contributed by atoms with Crippen LogP contribution in [0.5, 0.6) is 0 Å². The Balaban J connectivity index is 1.99. The highest BCUT2D eigenvalue weighted by Crippen LogP contribution is 1.97. The van der Waals surface area contributed by atoms with Crippen LogP contribution in [0.15, 0.2) is 22.8 Å². The number of hydrogen-bond acceptors (Lipinski definition) is 3. The molecule has 0 spiro atoms. The molecule has 0 aliphatic heterocycles. The van der Waals surface area contributed by atoms with Gasteiger partial charge in [0.05, 0.1) is 12.8 Å². The van der Waals surface area contributed by atoms with Gasteiger partial charge in [-0.2, -0.15) is 0 Å². The second-order valence-corrected chi connectivity index (χ2v) is 3.65. The molecule has 1 aromatic rings. The van der Waals surface area contributed by atoms with Crippen molar-refractivity contribution in [3.63, 3.8) is 0 Å². The molecular weight excluding hydrogens is 224 g/mol. The Kier molecular flexibility index (Phi) is 6.60. The molecule has 0 saturated heterocycles. The van der Waals surface area contributed by atoms with Gasteiger partial charge in [0.25, 0.3) is 0 Å². The summed E-state index contributed by atoms with van der Waals surface area (Å²) in [5.41, 5.74) is 0. The first kappa shape index (κ1) is 13.0. The van der Waals surface area contributed by atoms with Crippen LogP contribution in [0.1, 0.15) is 19.1 Å². The molecule has 1 aromatic heterocycles. The van der Waals surface area contributed by atoms with Crippen LogP contribution in [-0.4, -0.2) is 24.9 Å². The largest absolute Gasteiger partial charge is 0.467 e. The minimum atomic E-state index is 0.615. The van der Waals surface area contributed by atoms with Gasteiger partial charge in [0, 0.05) is 19.8 Å². The van der Waals surface area contributed by atoms with Crippen molar-refractivity contribution in [2.75, 3.05) is 19.8 Å². The lowest BCUT2D eigenvalue weighted by atomic mass is 10.4. The number of thiocarbonyl (C=S) groups is 1. The maximum absolute atomic E-state index is 5.22. The van der Waals surface area contributed by atoms with E-state index >= 15 is 0 Å². The summed E-state index contributed by atoms with van der Waals surface area (Å²) in [5, 5.41) is 6.81. The average Bonchev–Trinajstić information content (AvgIpc) is 2.79. The molecule has 0 amide bonds. The van der Waals surface area contributed by atoms with E-state index in [1.807, 2.05) is 19.1 Å². The molecule has 0 unspecified atom stereocenters. The van der Waals surface area contributed by atoms with E-state index in [1.54, 1.807) is 6.26 Å². The van der Waals surface area contributed by atoms with E-state index in [0.29, 0.717) is 11.7 Å². The van der Waals surface area contributed by atoms with Crippen LogP contribution in [-0.2, 0) is 11.3 Å². The Morgan fingerprint density at radius 2 is 2.38 bits per heavy atom. The van der Waals surface area contributed by atoms with E-state index in [2.05, 4.69) is 10.6 Å². The summed E-state index contributed by atoms with van der Waals surface area (Å²) in [6, 6.07) is 3.76. The van der Waals surface area contributed by atoms with Gasteiger partial charge >= 0.3 is 0 Å². The van der Waals surface area contributed by atoms with Crippen LogP contribution in [0.25, 0.3) is 0 Å². The van der Waals surface area contributed by atoms with Crippen molar-refractivity contribution >= 4 is 17.3 Å². The highest BCUT2D eigenvalue weighted by molar-refractivity contribution is 7.80. The lowest BCUT2D eigenvalue weighted by Crippen LogP contribution is -2.35. The lowest BCUT2D eigenvalue weighted by molar-refractivity contribution is 0.145. The van der Waals surface area contributed by atoms with E-state index in [-0.39, 0.29) is 0 Å². The summed E-state index contributed by atoms with van der Waals surface area (Å²) in [5.74, 6) is 0.874. The van der Waals surface area contributed by atoms with Gasteiger partial charge < -0.3 is 19.8 Å². The van der Waals surface area contributed by atoms with Crippen molar-refractivity contribution in [3.8, 4) is 0 Å². The molecular formula is C11H18N2O2S. The van der Waals surface area contributed by atoms with Gasteiger partial charge in [-0.1, -0.05) is 0 Å². The molecule has 0 aromatic carbocycles. The van der Waals surface area contributed by atoms with Crippen LogP contribution < -0.4 is 10.6 Å². The first-order valence-electron chi connectivity index (χ1n) is 5.44. The second kappa shape index (κ2) is 8.13. The molecule has 4 nitrogen and oxygen atoms in total. The van der Waals surface area contributed by atoms with Crippen LogP contribution in [0.2, 0.25) is 0 Å². The quantitative estimate of drug-likeness (QED) is 0.562. The Labute approximate surface area is 101 Å². The van der Waals surface area contributed by atoms with Crippen molar-refractivity contribution in [1.29, 1.82) is 0 Å². The molecule has 16 heavy (non-hydrogen) atoms. The van der Waals surface area contributed by atoms with Crippen LogP contribution in [0.4, 0.5) is 0 Å². The smallest absolute Gasteiger partial charge is 0.166 e. The first-order valence-corrected chi connectivity index (χ1v) is 5.85. The summed E-state index contributed by atoms with van der Waals surface area (Å²) in [4.78, 5) is 0. The van der Waals surface area contributed by atoms with Gasteiger partial charge in [-0.05, 0) is 37.7 Å². The zero-order chi connectivity index (χ0) is 11.6. The van der Waals surface area contributed by atoms with Crippen LogP contribution >= 0.6 is 12.2 Å². The lowest BCUT2D eigenvalue weighted by Gasteiger charge is -2.09. The highest BCUT2D eigenvalue weighted by atomic mass is 32.1. The molecule has 0 aliphatic carbocycles. The molecule has 90 valence electrons. The van der Waals surface area contributed by atoms with Gasteiger partial charge in [0.2, 0.25) is 0 Å². The summed E-state index contributed by atoms with van der Waals surface area (Å²) >= 11 is 5.10. The van der Waals surface area contributed by atoms with Crippen molar-refractivity contribution in [3.05, 3.63) is 24.2 Å². The van der Waals surface area contributed by atoms with Crippen LogP contribution in [0, 0.1) is 0 Å². The number of rotatable bonds is 7. The normalized spacial score (nSPS) is 10.1. The molecule has 1 heterocycles. The molecule has 5 heteroatoms. The molecule has 0 atom stereocenters.